The SMILES string of the molecule is Nc1cc(Br)ccc1C(=O)Nc1cc(Cl)ccn1. The molecule has 1 heterocycles. The van der Waals surface area contributed by atoms with Crippen molar-refractivity contribution in [2.24, 2.45) is 0 Å². The van der Waals surface area contributed by atoms with Crippen LogP contribution in [0.15, 0.2) is 41.0 Å². The minimum absolute atomic E-state index is 0.324. The first-order chi connectivity index (χ1) is 8.56. The van der Waals surface area contributed by atoms with Crippen LogP contribution in [0, 0.1) is 0 Å². The van der Waals surface area contributed by atoms with Gasteiger partial charge in [-0.25, -0.2) is 4.98 Å². The van der Waals surface area contributed by atoms with Gasteiger partial charge in [0.2, 0.25) is 0 Å². The lowest BCUT2D eigenvalue weighted by Crippen LogP contribution is -2.14. The highest BCUT2D eigenvalue weighted by Gasteiger charge is 2.10. The van der Waals surface area contributed by atoms with Crippen molar-refractivity contribution in [1.29, 1.82) is 0 Å². The Morgan fingerprint density at radius 2 is 2.11 bits per heavy atom. The summed E-state index contributed by atoms with van der Waals surface area (Å²) in [5, 5.41) is 3.13. The fraction of sp³-hybridized carbons (Fsp3) is 0. The van der Waals surface area contributed by atoms with Crippen LogP contribution in [0.3, 0.4) is 0 Å². The summed E-state index contributed by atoms with van der Waals surface area (Å²) >= 11 is 9.08. The summed E-state index contributed by atoms with van der Waals surface area (Å²) in [6, 6.07) is 8.25. The van der Waals surface area contributed by atoms with Crippen molar-refractivity contribution >= 4 is 44.9 Å². The van der Waals surface area contributed by atoms with E-state index in [9.17, 15) is 4.79 Å². The average molecular weight is 327 g/mol. The Morgan fingerprint density at radius 3 is 2.78 bits per heavy atom. The van der Waals surface area contributed by atoms with Gasteiger partial charge in [0, 0.05) is 21.4 Å². The van der Waals surface area contributed by atoms with Gasteiger partial charge in [0.1, 0.15) is 5.82 Å². The molecule has 0 aliphatic heterocycles. The highest BCUT2D eigenvalue weighted by Crippen LogP contribution is 2.20. The van der Waals surface area contributed by atoms with Crippen LogP contribution in [0.4, 0.5) is 11.5 Å². The third-order valence-electron chi connectivity index (χ3n) is 2.22. The number of nitrogens with zero attached hydrogens (tertiary/aromatic N) is 1. The van der Waals surface area contributed by atoms with Crippen LogP contribution in [0.2, 0.25) is 5.02 Å². The van der Waals surface area contributed by atoms with Gasteiger partial charge in [-0.05, 0) is 30.3 Å². The van der Waals surface area contributed by atoms with Crippen LogP contribution in [-0.2, 0) is 0 Å². The Bertz CT molecular complexity index is 604. The van der Waals surface area contributed by atoms with Crippen LogP contribution < -0.4 is 11.1 Å². The Balaban J connectivity index is 2.22. The number of halogens is 2. The van der Waals surface area contributed by atoms with Gasteiger partial charge >= 0.3 is 0 Å². The number of benzene rings is 1. The predicted octanol–water partition coefficient (Wildman–Crippen LogP) is 3.33. The van der Waals surface area contributed by atoms with Gasteiger partial charge in [-0.1, -0.05) is 27.5 Å². The summed E-state index contributed by atoms with van der Waals surface area (Å²) in [4.78, 5) is 16.0. The van der Waals surface area contributed by atoms with Crippen molar-refractivity contribution in [2.45, 2.75) is 0 Å². The number of hydrogen-bond acceptors (Lipinski definition) is 3. The van der Waals surface area contributed by atoms with E-state index in [1.807, 2.05) is 0 Å². The molecule has 18 heavy (non-hydrogen) atoms. The molecule has 0 saturated heterocycles. The molecule has 1 aromatic heterocycles. The van der Waals surface area contributed by atoms with Crippen molar-refractivity contribution in [2.75, 3.05) is 11.1 Å². The highest BCUT2D eigenvalue weighted by molar-refractivity contribution is 9.10. The highest BCUT2D eigenvalue weighted by atomic mass is 79.9. The minimum Gasteiger partial charge on any atom is -0.398 e. The fourth-order valence-electron chi connectivity index (χ4n) is 1.40. The van der Waals surface area contributed by atoms with Crippen molar-refractivity contribution in [3.8, 4) is 0 Å². The zero-order valence-corrected chi connectivity index (χ0v) is 11.5. The lowest BCUT2D eigenvalue weighted by molar-refractivity contribution is 0.102. The standard InChI is InChI=1S/C12H9BrClN3O/c13-7-1-2-9(10(15)5-7)12(18)17-11-6-8(14)3-4-16-11/h1-6H,15H2,(H,16,17,18). The first-order valence-corrected chi connectivity index (χ1v) is 6.21. The van der Waals surface area contributed by atoms with Crippen LogP contribution in [0.25, 0.3) is 0 Å². The van der Waals surface area contributed by atoms with Crippen LogP contribution in [-0.4, -0.2) is 10.9 Å². The number of anilines is 2. The Hall–Kier alpha value is -1.59. The summed E-state index contributed by atoms with van der Waals surface area (Å²) in [5.74, 6) is 0.0598. The second-order valence-electron chi connectivity index (χ2n) is 3.54. The van der Waals surface area contributed by atoms with Gasteiger partial charge in [-0.15, -0.1) is 0 Å². The maximum Gasteiger partial charge on any atom is 0.258 e. The number of nitrogen functional groups attached to an aromatic ring is 1. The van der Waals surface area contributed by atoms with Gasteiger partial charge in [0.15, 0.2) is 0 Å². The molecule has 0 atom stereocenters. The first kappa shape index (κ1) is 12.9. The number of hydrogen-bond donors (Lipinski definition) is 2. The van der Waals surface area contributed by atoms with Crippen molar-refractivity contribution in [3.05, 3.63) is 51.6 Å². The molecule has 6 heteroatoms. The molecule has 0 fully saturated rings. The van der Waals surface area contributed by atoms with Crippen molar-refractivity contribution in [1.82, 2.24) is 4.98 Å². The summed E-state index contributed by atoms with van der Waals surface area (Å²) in [6.07, 6.45) is 1.52. The van der Waals surface area contributed by atoms with E-state index in [0.29, 0.717) is 22.1 Å². The van der Waals surface area contributed by atoms with E-state index < -0.39 is 0 Å². The summed E-state index contributed by atoms with van der Waals surface area (Å²) < 4.78 is 0.817. The summed E-state index contributed by atoms with van der Waals surface area (Å²) in [7, 11) is 0. The third-order valence-corrected chi connectivity index (χ3v) is 2.95. The van der Waals surface area contributed by atoms with E-state index in [4.69, 9.17) is 17.3 Å². The Labute approximate surface area is 117 Å². The Morgan fingerprint density at radius 1 is 1.33 bits per heavy atom. The molecule has 0 saturated carbocycles. The number of pyridine rings is 1. The van der Waals surface area contributed by atoms with Gasteiger partial charge in [0.25, 0.3) is 5.91 Å². The molecule has 0 spiro atoms. The van der Waals surface area contributed by atoms with E-state index in [0.717, 1.165) is 4.47 Å². The molecule has 1 aromatic carbocycles. The van der Waals surface area contributed by atoms with Gasteiger partial charge in [-0.2, -0.15) is 0 Å². The van der Waals surface area contributed by atoms with Gasteiger partial charge in [-0.3, -0.25) is 4.79 Å². The molecule has 0 radical (unpaired) electrons. The number of aromatic nitrogens is 1. The number of rotatable bonds is 2. The monoisotopic (exact) mass is 325 g/mol. The second kappa shape index (κ2) is 5.37. The predicted molar refractivity (Wildman–Crippen MR) is 75.8 cm³/mol. The second-order valence-corrected chi connectivity index (χ2v) is 4.90. The summed E-state index contributed by atoms with van der Waals surface area (Å²) in [6.45, 7) is 0. The number of amides is 1. The molecular weight excluding hydrogens is 318 g/mol. The molecule has 1 amide bonds. The Kier molecular flexibility index (Phi) is 3.84. The lowest BCUT2D eigenvalue weighted by atomic mass is 10.1. The van der Waals surface area contributed by atoms with E-state index in [-0.39, 0.29) is 5.91 Å². The molecule has 4 nitrogen and oxygen atoms in total. The van der Waals surface area contributed by atoms with Crippen molar-refractivity contribution in [3.63, 3.8) is 0 Å². The molecule has 92 valence electrons. The zero-order chi connectivity index (χ0) is 13.1. The molecule has 3 N–H and O–H groups in total. The first-order valence-electron chi connectivity index (χ1n) is 5.04. The van der Waals surface area contributed by atoms with Crippen LogP contribution in [0.5, 0.6) is 0 Å². The maximum absolute atomic E-state index is 12.0. The fourth-order valence-corrected chi connectivity index (χ4v) is 1.94. The number of carbonyl (C=O) groups excluding carboxylic acids is 1. The molecule has 0 unspecified atom stereocenters. The lowest BCUT2D eigenvalue weighted by Gasteiger charge is -2.07. The zero-order valence-electron chi connectivity index (χ0n) is 9.15. The topological polar surface area (TPSA) is 68.0 Å². The summed E-state index contributed by atoms with van der Waals surface area (Å²) in [5.41, 5.74) is 6.55. The average Bonchev–Trinajstić information content (AvgIpc) is 2.28. The van der Waals surface area contributed by atoms with Crippen molar-refractivity contribution < 1.29 is 4.79 Å². The van der Waals surface area contributed by atoms with E-state index in [2.05, 4.69) is 26.2 Å². The number of carbonyl (C=O) groups is 1. The van der Waals surface area contributed by atoms with E-state index in [1.165, 1.54) is 6.20 Å². The molecule has 2 aromatic rings. The van der Waals surface area contributed by atoms with E-state index >= 15 is 0 Å². The van der Waals surface area contributed by atoms with Crippen LogP contribution >= 0.6 is 27.5 Å². The third kappa shape index (κ3) is 3.00. The molecule has 0 aliphatic carbocycles. The molecule has 0 aliphatic rings. The van der Waals surface area contributed by atoms with E-state index in [1.54, 1.807) is 30.3 Å². The minimum atomic E-state index is -0.324. The molecule has 0 bridgehead atoms. The number of nitrogens with one attached hydrogen (secondary N) is 1. The van der Waals surface area contributed by atoms with Gasteiger partial charge < -0.3 is 11.1 Å². The molecule has 2 rings (SSSR count). The largest absolute Gasteiger partial charge is 0.398 e. The smallest absolute Gasteiger partial charge is 0.258 e. The maximum atomic E-state index is 12.0. The normalized spacial score (nSPS) is 10.1. The number of nitrogens with two attached hydrogens (primary N) is 1. The van der Waals surface area contributed by atoms with Gasteiger partial charge in [0.05, 0.1) is 5.56 Å². The molecular formula is C12H9BrClN3O. The quantitative estimate of drug-likeness (QED) is 0.832. The van der Waals surface area contributed by atoms with Crippen LogP contribution in [0.1, 0.15) is 10.4 Å².